The highest BCUT2D eigenvalue weighted by atomic mass is 16.5. The molecule has 2 fully saturated rings. The molecule has 2 N–H and O–H groups in total. The van der Waals surface area contributed by atoms with Crippen LogP contribution in [0.15, 0.2) is 59.2 Å². The van der Waals surface area contributed by atoms with Crippen LogP contribution >= 0.6 is 0 Å². The normalized spacial score (nSPS) is 26.0. The number of anilines is 1. The quantitative estimate of drug-likeness (QED) is 0.455. The Bertz CT molecular complexity index is 1240. The number of benzene rings is 2. The summed E-state index contributed by atoms with van der Waals surface area (Å²) in [6, 6.07) is 13.0. The molecular weight excluding hydrogens is 454 g/mol. The van der Waals surface area contributed by atoms with Crippen LogP contribution in [0.3, 0.4) is 0 Å². The van der Waals surface area contributed by atoms with E-state index in [9.17, 15) is 19.8 Å². The van der Waals surface area contributed by atoms with Gasteiger partial charge in [-0.3, -0.25) is 14.5 Å². The molecule has 3 aliphatic rings. The summed E-state index contributed by atoms with van der Waals surface area (Å²) in [6.45, 7) is 6.15. The van der Waals surface area contributed by atoms with E-state index in [0.717, 1.165) is 40.7 Å². The second kappa shape index (κ2) is 9.68. The van der Waals surface area contributed by atoms with Crippen molar-refractivity contribution < 1.29 is 24.5 Å². The Kier molecular flexibility index (Phi) is 6.58. The molecule has 4 atom stereocenters. The predicted molar refractivity (Wildman–Crippen MR) is 138 cm³/mol. The summed E-state index contributed by atoms with van der Waals surface area (Å²) in [5, 5.41) is 20.2. The number of aryl methyl sites for hydroxylation is 2. The summed E-state index contributed by atoms with van der Waals surface area (Å²) in [6.07, 6.45) is 3.91. The zero-order valence-electron chi connectivity index (χ0n) is 21.0. The zero-order chi connectivity index (χ0) is 25.6. The van der Waals surface area contributed by atoms with Gasteiger partial charge < -0.3 is 14.9 Å². The first kappa shape index (κ1) is 24.5. The van der Waals surface area contributed by atoms with Crippen LogP contribution in [0, 0.1) is 31.6 Å². The van der Waals surface area contributed by atoms with E-state index in [1.807, 2.05) is 44.2 Å². The minimum Gasteiger partial charge on any atom is -0.507 e. The third-order valence-corrected chi connectivity index (χ3v) is 7.94. The third-order valence-electron chi connectivity index (χ3n) is 7.94. The second-order valence-corrected chi connectivity index (χ2v) is 10.4. The van der Waals surface area contributed by atoms with E-state index in [1.165, 1.54) is 10.5 Å². The molecule has 36 heavy (non-hydrogen) atoms. The molecule has 0 radical (unpaired) electrons. The maximum Gasteiger partial charge on any atom is 0.238 e. The number of aliphatic hydroxyl groups excluding tert-OH is 1. The summed E-state index contributed by atoms with van der Waals surface area (Å²) < 4.78 is 6.21. The summed E-state index contributed by atoms with van der Waals surface area (Å²) in [4.78, 5) is 28.1. The number of phenols is 1. The van der Waals surface area contributed by atoms with Gasteiger partial charge in [0.2, 0.25) is 11.8 Å². The lowest BCUT2D eigenvalue weighted by molar-refractivity contribution is -0.122. The minimum atomic E-state index is -0.446. The molecule has 0 saturated carbocycles. The van der Waals surface area contributed by atoms with E-state index in [4.69, 9.17) is 4.74 Å². The molecule has 5 rings (SSSR count). The maximum atomic E-state index is 13.5. The van der Waals surface area contributed by atoms with Gasteiger partial charge in [-0.25, -0.2) is 0 Å². The lowest BCUT2D eigenvalue weighted by atomic mass is 9.69. The fourth-order valence-corrected chi connectivity index (χ4v) is 6.24. The van der Waals surface area contributed by atoms with E-state index in [-0.39, 0.29) is 30.4 Å². The van der Waals surface area contributed by atoms with Crippen LogP contribution in [0.4, 0.5) is 5.69 Å². The fourth-order valence-electron chi connectivity index (χ4n) is 6.24. The van der Waals surface area contributed by atoms with Crippen LogP contribution in [0.1, 0.15) is 42.9 Å². The van der Waals surface area contributed by atoms with Crippen molar-refractivity contribution in [1.82, 2.24) is 0 Å². The maximum absolute atomic E-state index is 13.5. The first-order chi connectivity index (χ1) is 17.3. The van der Waals surface area contributed by atoms with E-state index in [1.54, 1.807) is 12.1 Å². The number of amides is 2. The number of ether oxygens (including phenoxy) is 1. The first-order valence-electron chi connectivity index (χ1n) is 12.6. The summed E-state index contributed by atoms with van der Waals surface area (Å²) in [7, 11) is 0. The Hall–Kier alpha value is -3.22. The molecule has 6 nitrogen and oxygen atoms in total. The molecule has 0 spiro atoms. The lowest BCUT2D eigenvalue weighted by Gasteiger charge is -2.31. The molecule has 2 aromatic rings. The molecule has 2 aliphatic heterocycles. The van der Waals surface area contributed by atoms with Gasteiger partial charge in [-0.1, -0.05) is 29.8 Å². The molecule has 0 aromatic heterocycles. The number of carbonyl (C=O) groups excluding carboxylic acids is 2. The van der Waals surface area contributed by atoms with Crippen LogP contribution in [0.25, 0.3) is 6.08 Å². The summed E-state index contributed by atoms with van der Waals surface area (Å²) in [5.41, 5.74) is 6.43. The highest BCUT2D eigenvalue weighted by Gasteiger charge is 2.57. The van der Waals surface area contributed by atoms with E-state index in [2.05, 4.69) is 13.0 Å². The monoisotopic (exact) mass is 487 g/mol. The number of allylic oxidation sites excluding steroid dienone is 1. The predicted octanol–water partition coefficient (Wildman–Crippen LogP) is 4.71. The number of para-hydroxylation sites is 1. The number of nitrogens with zero attached hydrogens (tertiary/aromatic N) is 1. The molecule has 0 unspecified atom stereocenters. The van der Waals surface area contributed by atoms with Crippen LogP contribution in [-0.2, 0) is 14.3 Å². The first-order valence-corrected chi connectivity index (χ1v) is 12.6. The van der Waals surface area contributed by atoms with Crippen molar-refractivity contribution in [2.45, 2.75) is 46.1 Å². The van der Waals surface area contributed by atoms with Crippen LogP contribution in [0.5, 0.6) is 5.75 Å². The van der Waals surface area contributed by atoms with Gasteiger partial charge in [-0.2, -0.15) is 0 Å². The van der Waals surface area contributed by atoms with Crippen LogP contribution < -0.4 is 4.90 Å². The highest BCUT2D eigenvalue weighted by molar-refractivity contribution is 6.22. The van der Waals surface area contributed by atoms with Gasteiger partial charge in [0.05, 0.1) is 36.8 Å². The van der Waals surface area contributed by atoms with E-state index in [0.29, 0.717) is 24.5 Å². The summed E-state index contributed by atoms with van der Waals surface area (Å²) >= 11 is 0. The number of aromatic hydroxyl groups is 1. The molecular formula is C30H33NO5. The molecule has 2 aromatic carbocycles. The zero-order valence-corrected chi connectivity index (χ0v) is 21.0. The largest absolute Gasteiger partial charge is 0.507 e. The van der Waals surface area contributed by atoms with Crippen LogP contribution in [-0.4, -0.2) is 41.3 Å². The Balaban J connectivity index is 1.35. The number of rotatable bonds is 6. The lowest BCUT2D eigenvalue weighted by Crippen LogP contribution is -2.35. The number of phenolic OH excluding ortho intramolecular Hbond substituents is 1. The Morgan fingerprint density at radius 1 is 1.08 bits per heavy atom. The van der Waals surface area contributed by atoms with Crippen molar-refractivity contribution in [3.8, 4) is 5.75 Å². The number of aliphatic hydroxyl groups is 1. The molecule has 0 bridgehead atoms. The van der Waals surface area contributed by atoms with Gasteiger partial charge in [0.25, 0.3) is 0 Å². The summed E-state index contributed by atoms with van der Waals surface area (Å²) in [5.74, 6) is -1.06. The number of hydrogen-bond acceptors (Lipinski definition) is 5. The Labute approximate surface area is 211 Å². The van der Waals surface area contributed by atoms with Gasteiger partial charge in [-0.15, -0.1) is 0 Å². The SMILES string of the molecule is C/C(=C\c1cc(C)c(O)c(C)c1)CC[C@H]1OC[C@H]2C1=C(CO)C[C@H]1C(=O)N(c3ccccc3)C(=O)[C@H]12. The van der Waals surface area contributed by atoms with Gasteiger partial charge >= 0.3 is 0 Å². The molecule has 1 aliphatic carbocycles. The number of carbonyl (C=O) groups is 2. The van der Waals surface area contributed by atoms with E-state index < -0.39 is 11.8 Å². The number of fused-ring (bicyclic) bond motifs is 3. The van der Waals surface area contributed by atoms with Crippen molar-refractivity contribution in [3.05, 3.63) is 75.9 Å². The third kappa shape index (κ3) is 4.18. The van der Waals surface area contributed by atoms with Crippen molar-refractivity contribution in [1.29, 1.82) is 0 Å². The van der Waals surface area contributed by atoms with Gasteiger partial charge in [-0.05, 0) is 92.1 Å². The minimum absolute atomic E-state index is 0.122. The van der Waals surface area contributed by atoms with Crippen molar-refractivity contribution in [2.24, 2.45) is 17.8 Å². The molecule has 6 heteroatoms. The van der Waals surface area contributed by atoms with Crippen LogP contribution in [0.2, 0.25) is 0 Å². The number of imide groups is 1. The molecule has 2 amide bonds. The highest BCUT2D eigenvalue weighted by Crippen LogP contribution is 2.50. The topological polar surface area (TPSA) is 87.1 Å². The van der Waals surface area contributed by atoms with Crippen molar-refractivity contribution in [2.75, 3.05) is 18.1 Å². The average molecular weight is 488 g/mol. The van der Waals surface area contributed by atoms with Crippen molar-refractivity contribution in [3.63, 3.8) is 0 Å². The fraction of sp³-hybridized carbons (Fsp3) is 0.400. The Morgan fingerprint density at radius 3 is 2.44 bits per heavy atom. The average Bonchev–Trinajstić information content (AvgIpc) is 3.39. The number of hydrogen-bond donors (Lipinski definition) is 2. The molecule has 2 heterocycles. The molecule has 2 saturated heterocycles. The van der Waals surface area contributed by atoms with Crippen molar-refractivity contribution >= 4 is 23.6 Å². The van der Waals surface area contributed by atoms with E-state index >= 15 is 0 Å². The molecule has 188 valence electrons. The van der Waals surface area contributed by atoms with Gasteiger partial charge in [0, 0.05) is 5.92 Å². The van der Waals surface area contributed by atoms with Gasteiger partial charge in [0.15, 0.2) is 0 Å². The second-order valence-electron chi connectivity index (χ2n) is 10.4. The Morgan fingerprint density at radius 2 is 1.78 bits per heavy atom. The smallest absolute Gasteiger partial charge is 0.238 e. The standard InChI is InChI=1S/C30H33NO5/c1-17(11-20-12-18(2)28(33)19(3)13-20)9-10-25-26-21(15-32)14-23-27(24(26)16-36-25)30(35)31(29(23)34)22-7-5-4-6-8-22/h4-8,11-13,23-25,27,32-33H,9-10,14-16H2,1-3H3/b17-11+/t23-,24+,25-,27-/m1/s1. The van der Waals surface area contributed by atoms with Gasteiger partial charge in [0.1, 0.15) is 5.75 Å².